The highest BCUT2D eigenvalue weighted by atomic mass is 32.1. The van der Waals surface area contributed by atoms with Crippen molar-refractivity contribution in [3.63, 3.8) is 0 Å². The highest BCUT2D eigenvalue weighted by molar-refractivity contribution is 7.20. The molecule has 0 aliphatic heterocycles. The highest BCUT2D eigenvalue weighted by Gasteiger charge is 2.47. The lowest BCUT2D eigenvalue weighted by atomic mass is 9.12. The number of benzene rings is 6. The number of fused-ring (bicyclic) bond motifs is 1. The molecule has 0 aliphatic carbocycles. The standard InChI is InChI=1S/C32H12BF24.C15H14NOS/c34-25(35,36)13-1-14(26(37,38)39)6-21(5-13)33(22-7-15(27(40,41)42)2-16(8-22)28(43,44)45,23-9-17(29(46,47)48)3-18(10-23)30(49,50)51)24-11-19(31(52,53)54)4-20(12-24)32(55,56)57;1-17-14-9-5-8-13-15(14)18-11-16(13)10-12-6-3-2-4-7-12/h1-12H;2-9,11H,10H2,1H3/q-1;+1. The number of thiazole rings is 1. The van der Waals surface area contributed by atoms with Gasteiger partial charge in [0.15, 0.2) is 6.54 Å². The maximum absolute atomic E-state index is 14.2. The monoisotopic (exact) mass is 1120 g/mol. The van der Waals surface area contributed by atoms with E-state index in [-0.39, 0.29) is 0 Å². The minimum Gasteiger partial charge on any atom is -0.495 e. The van der Waals surface area contributed by atoms with Gasteiger partial charge >= 0.3 is 49.4 Å². The van der Waals surface area contributed by atoms with E-state index in [1.807, 2.05) is 18.2 Å². The molecular formula is C47H26BF24NOS. The largest absolute Gasteiger partial charge is 0.495 e. The fraction of sp³-hybridized carbons (Fsp3) is 0.213. The summed E-state index contributed by atoms with van der Waals surface area (Å²) in [6.07, 6.45) is -54.8. The Balaban J connectivity index is 0.000000421. The number of aromatic nitrogens is 1. The van der Waals surface area contributed by atoms with Gasteiger partial charge in [-0.1, -0.05) is 96.3 Å². The van der Waals surface area contributed by atoms with E-state index < -0.39 is 195 Å². The van der Waals surface area contributed by atoms with Crippen LogP contribution in [0.5, 0.6) is 5.75 Å². The van der Waals surface area contributed by atoms with Gasteiger partial charge in [0.2, 0.25) is 11.0 Å². The Kier molecular flexibility index (Phi) is 15.2. The van der Waals surface area contributed by atoms with Gasteiger partial charge in [-0.2, -0.15) is 132 Å². The Morgan fingerprint density at radius 2 is 0.653 bits per heavy atom. The Hall–Kier alpha value is -6.61. The van der Waals surface area contributed by atoms with Crippen molar-refractivity contribution in [1.82, 2.24) is 0 Å². The average Bonchev–Trinajstić information content (AvgIpc) is 3.70. The predicted octanol–water partition coefficient (Wildman–Crippen LogP) is 14.5. The van der Waals surface area contributed by atoms with Crippen LogP contribution in [0.1, 0.15) is 50.1 Å². The zero-order valence-corrected chi connectivity index (χ0v) is 37.6. The van der Waals surface area contributed by atoms with Crippen LogP contribution in [-0.2, 0) is 56.0 Å². The molecule has 0 fully saturated rings. The van der Waals surface area contributed by atoms with Crippen LogP contribution in [0.2, 0.25) is 0 Å². The summed E-state index contributed by atoms with van der Waals surface area (Å²) in [7, 11) is 1.72. The van der Waals surface area contributed by atoms with E-state index in [1.165, 1.54) is 15.8 Å². The molecule has 7 aromatic rings. The first kappa shape index (κ1) is 57.7. The second-order valence-electron chi connectivity index (χ2n) is 16.4. The fourth-order valence-corrected chi connectivity index (χ4v) is 9.15. The number of ether oxygens (including phenoxy) is 1. The second kappa shape index (κ2) is 19.8. The lowest BCUT2D eigenvalue weighted by Crippen LogP contribution is -2.75. The maximum Gasteiger partial charge on any atom is 0.416 e. The summed E-state index contributed by atoms with van der Waals surface area (Å²) in [6.45, 7) is 0.897. The van der Waals surface area contributed by atoms with Crippen LogP contribution < -0.4 is 31.2 Å². The van der Waals surface area contributed by atoms with Crippen molar-refractivity contribution in [3.05, 3.63) is 177 Å². The number of methoxy groups -OCH3 is 1. The summed E-state index contributed by atoms with van der Waals surface area (Å²) >= 11 is 1.72. The zero-order valence-electron chi connectivity index (χ0n) is 36.7. The SMILES string of the molecule is COc1cccc2c1sc[n+]2Cc1ccccc1.FC(F)(F)c1cc([B-](c2cc(C(F)(F)F)cc(C(F)(F)F)c2)(c2cc(C(F)(F)F)cc(C(F)(F)F)c2)c2cc(C(F)(F)F)cc(C(F)(F)F)c2)cc(C(F)(F)F)c1. The van der Waals surface area contributed by atoms with E-state index in [0.717, 1.165) is 12.3 Å². The Labute approximate surface area is 409 Å². The molecule has 0 bridgehead atoms. The van der Waals surface area contributed by atoms with Crippen LogP contribution in [0.4, 0.5) is 105 Å². The number of hydrogen-bond acceptors (Lipinski definition) is 2. The first-order valence-electron chi connectivity index (χ1n) is 20.5. The van der Waals surface area contributed by atoms with Crippen molar-refractivity contribution < 1.29 is 115 Å². The molecule has 28 heteroatoms. The van der Waals surface area contributed by atoms with Gasteiger partial charge in [0.05, 0.1) is 51.6 Å². The summed E-state index contributed by atoms with van der Waals surface area (Å²) in [5, 5.41) is 0. The predicted molar refractivity (Wildman–Crippen MR) is 224 cm³/mol. The third-order valence-electron chi connectivity index (χ3n) is 11.4. The molecule has 0 saturated heterocycles. The molecule has 402 valence electrons. The topological polar surface area (TPSA) is 13.1 Å². The number of halogens is 24. The van der Waals surface area contributed by atoms with Crippen LogP contribution in [-0.4, -0.2) is 13.3 Å². The summed E-state index contributed by atoms with van der Waals surface area (Å²) < 4.78 is 350. The van der Waals surface area contributed by atoms with Crippen molar-refractivity contribution in [2.24, 2.45) is 0 Å². The van der Waals surface area contributed by atoms with Crippen LogP contribution in [0.25, 0.3) is 10.2 Å². The van der Waals surface area contributed by atoms with Gasteiger partial charge in [0.1, 0.15) is 16.6 Å². The molecule has 0 spiro atoms. The van der Waals surface area contributed by atoms with Crippen molar-refractivity contribution >= 4 is 49.6 Å². The van der Waals surface area contributed by atoms with Gasteiger partial charge in [0, 0.05) is 11.6 Å². The molecule has 7 rings (SSSR count). The van der Waals surface area contributed by atoms with E-state index >= 15 is 0 Å². The van der Waals surface area contributed by atoms with E-state index in [0.29, 0.717) is 0 Å². The van der Waals surface area contributed by atoms with Crippen molar-refractivity contribution in [3.8, 4) is 5.75 Å². The molecule has 6 aromatic carbocycles. The highest BCUT2D eigenvalue weighted by Crippen LogP contribution is 2.41. The Bertz CT molecular complexity index is 2740. The fourth-order valence-electron chi connectivity index (χ4n) is 8.16. The molecule has 0 atom stereocenters. The minimum atomic E-state index is -6.13. The van der Waals surface area contributed by atoms with Crippen molar-refractivity contribution in [1.29, 1.82) is 0 Å². The van der Waals surface area contributed by atoms with Gasteiger partial charge in [-0.15, -0.1) is 0 Å². The summed E-state index contributed by atoms with van der Waals surface area (Å²) in [5.41, 5.74) is -25.5. The van der Waals surface area contributed by atoms with Gasteiger partial charge < -0.3 is 4.74 Å². The van der Waals surface area contributed by atoms with E-state index in [4.69, 9.17) is 4.74 Å². The molecule has 1 aromatic heterocycles. The van der Waals surface area contributed by atoms with Gasteiger partial charge in [-0.05, 0) is 30.3 Å². The summed E-state index contributed by atoms with van der Waals surface area (Å²) in [4.78, 5) is 0. The van der Waals surface area contributed by atoms with Gasteiger partial charge in [-0.3, -0.25) is 0 Å². The van der Waals surface area contributed by atoms with E-state index in [2.05, 4.69) is 40.4 Å². The Morgan fingerprint density at radius 1 is 0.373 bits per heavy atom. The second-order valence-corrected chi connectivity index (χ2v) is 17.2. The van der Waals surface area contributed by atoms with E-state index in [9.17, 15) is 105 Å². The van der Waals surface area contributed by atoms with Crippen LogP contribution in [0.15, 0.2) is 127 Å². The molecule has 0 N–H and O–H groups in total. The van der Waals surface area contributed by atoms with Crippen molar-refractivity contribution in [2.45, 2.75) is 56.0 Å². The Morgan fingerprint density at radius 3 is 0.907 bits per heavy atom. The van der Waals surface area contributed by atoms with E-state index in [1.54, 1.807) is 18.4 Å². The molecular weight excluding hydrogens is 1090 g/mol. The first-order valence-corrected chi connectivity index (χ1v) is 21.4. The normalized spacial score (nSPS) is 13.5. The molecule has 0 amide bonds. The summed E-state index contributed by atoms with van der Waals surface area (Å²) in [5.74, 6) is 0.948. The molecule has 2 nitrogen and oxygen atoms in total. The smallest absolute Gasteiger partial charge is 0.416 e. The molecule has 0 radical (unpaired) electrons. The summed E-state index contributed by atoms with van der Waals surface area (Å²) in [6, 6.07) is 7.86. The third-order valence-corrected chi connectivity index (χ3v) is 12.4. The van der Waals surface area contributed by atoms with Gasteiger partial charge in [-0.25, -0.2) is 0 Å². The number of hydrogen-bond donors (Lipinski definition) is 0. The van der Waals surface area contributed by atoms with Crippen LogP contribution in [0.3, 0.4) is 0 Å². The number of rotatable bonds is 7. The lowest BCUT2D eigenvalue weighted by Gasteiger charge is -2.46. The molecule has 0 aliphatic rings. The average molecular weight is 1120 g/mol. The molecule has 0 unspecified atom stereocenters. The number of nitrogens with zero attached hydrogens (tertiary/aromatic N) is 1. The zero-order chi connectivity index (χ0) is 56.3. The molecule has 75 heavy (non-hydrogen) atoms. The molecule has 0 saturated carbocycles. The number of alkyl halides is 24. The first-order chi connectivity index (χ1) is 34.1. The van der Waals surface area contributed by atoms with Crippen LogP contribution >= 0.6 is 11.3 Å². The lowest BCUT2D eigenvalue weighted by molar-refractivity contribution is -0.658. The quantitative estimate of drug-likeness (QED) is 0.0881. The molecule has 1 heterocycles. The maximum atomic E-state index is 14.2. The van der Waals surface area contributed by atoms with Crippen molar-refractivity contribution in [2.75, 3.05) is 7.11 Å². The van der Waals surface area contributed by atoms with Gasteiger partial charge in [0.25, 0.3) is 0 Å². The minimum absolute atomic E-state index is 0.691. The third kappa shape index (κ3) is 12.7. The van der Waals surface area contributed by atoms with Crippen LogP contribution in [0, 0.1) is 0 Å².